The molecule has 0 saturated carbocycles. The van der Waals surface area contributed by atoms with Gasteiger partial charge in [0.2, 0.25) is 5.91 Å². The van der Waals surface area contributed by atoms with E-state index in [-0.39, 0.29) is 5.91 Å². The molecule has 0 saturated heterocycles. The van der Waals surface area contributed by atoms with Crippen LogP contribution in [0, 0.1) is 6.92 Å². The van der Waals surface area contributed by atoms with Crippen LogP contribution < -0.4 is 11.1 Å². The van der Waals surface area contributed by atoms with Crippen LogP contribution in [0.5, 0.6) is 0 Å². The average Bonchev–Trinajstić information content (AvgIpc) is 2.79. The summed E-state index contributed by atoms with van der Waals surface area (Å²) in [5.41, 5.74) is 8.12. The molecule has 2 rings (SSSR count). The highest BCUT2D eigenvalue weighted by Gasteiger charge is 2.05. The summed E-state index contributed by atoms with van der Waals surface area (Å²) in [6, 6.07) is 5.42. The number of rotatable bonds is 5. The van der Waals surface area contributed by atoms with Crippen LogP contribution in [0.3, 0.4) is 0 Å². The van der Waals surface area contributed by atoms with E-state index in [1.807, 2.05) is 19.1 Å². The molecule has 0 aliphatic rings. The molecule has 0 aliphatic carbocycles. The van der Waals surface area contributed by atoms with E-state index < -0.39 is 0 Å². The second-order valence-corrected chi connectivity index (χ2v) is 5.08. The van der Waals surface area contributed by atoms with Crippen molar-refractivity contribution in [1.29, 1.82) is 0 Å². The van der Waals surface area contributed by atoms with E-state index in [1.54, 1.807) is 23.1 Å². The van der Waals surface area contributed by atoms with E-state index in [2.05, 4.69) is 10.4 Å². The number of carbonyl (C=O) groups excluding carboxylic acids is 1. The lowest BCUT2D eigenvalue weighted by Gasteiger charge is -2.09. The fourth-order valence-electron chi connectivity index (χ4n) is 1.90. The lowest BCUT2D eigenvalue weighted by atomic mass is 10.1. The summed E-state index contributed by atoms with van der Waals surface area (Å²) in [5, 5.41) is 7.54. The van der Waals surface area contributed by atoms with Gasteiger partial charge < -0.3 is 11.1 Å². The van der Waals surface area contributed by atoms with E-state index >= 15 is 0 Å². The zero-order valence-electron chi connectivity index (χ0n) is 11.3. The number of amides is 1. The van der Waals surface area contributed by atoms with Gasteiger partial charge in [0.05, 0.1) is 11.2 Å². The molecule has 1 aromatic heterocycles. The highest BCUT2D eigenvalue weighted by Crippen LogP contribution is 2.18. The number of hydrogen-bond donors (Lipinski definition) is 2. The van der Waals surface area contributed by atoms with Crippen molar-refractivity contribution in [1.82, 2.24) is 9.78 Å². The van der Waals surface area contributed by atoms with Gasteiger partial charge in [-0.3, -0.25) is 9.48 Å². The number of nitrogens with two attached hydrogens (primary N) is 1. The van der Waals surface area contributed by atoms with Crippen LogP contribution in [-0.2, 0) is 11.3 Å². The molecule has 0 spiro atoms. The number of carbonyl (C=O) groups is 1. The number of aryl methyl sites for hydroxylation is 2. The van der Waals surface area contributed by atoms with Crippen LogP contribution in [-0.4, -0.2) is 15.7 Å². The maximum atomic E-state index is 11.8. The maximum Gasteiger partial charge on any atom is 0.224 e. The zero-order chi connectivity index (χ0) is 14.5. The molecule has 0 aliphatic heterocycles. The monoisotopic (exact) mass is 292 g/mol. The topological polar surface area (TPSA) is 72.9 Å². The summed E-state index contributed by atoms with van der Waals surface area (Å²) < 4.78 is 1.73. The molecule has 0 unspecified atom stereocenters. The predicted molar refractivity (Wildman–Crippen MR) is 80.7 cm³/mol. The summed E-state index contributed by atoms with van der Waals surface area (Å²) in [4.78, 5) is 11.8. The summed E-state index contributed by atoms with van der Waals surface area (Å²) in [5.74, 6) is -0.0175. The van der Waals surface area contributed by atoms with Gasteiger partial charge in [0.25, 0.3) is 0 Å². The van der Waals surface area contributed by atoms with Crippen molar-refractivity contribution in [2.24, 2.45) is 0 Å². The summed E-state index contributed by atoms with van der Waals surface area (Å²) in [6.07, 6.45) is 4.46. The molecule has 6 heteroatoms. The van der Waals surface area contributed by atoms with E-state index in [4.69, 9.17) is 17.3 Å². The SMILES string of the molecule is Cc1cc(N)ccc1NC(=O)CCCn1cc(Cl)cn1. The van der Waals surface area contributed by atoms with Gasteiger partial charge in [0.15, 0.2) is 0 Å². The number of nitrogens with one attached hydrogen (secondary N) is 1. The smallest absolute Gasteiger partial charge is 0.224 e. The first-order chi connectivity index (χ1) is 9.54. The van der Waals surface area contributed by atoms with Gasteiger partial charge in [-0.05, 0) is 37.1 Å². The van der Waals surface area contributed by atoms with E-state index in [1.165, 1.54) is 0 Å². The Morgan fingerprint density at radius 3 is 2.95 bits per heavy atom. The van der Waals surface area contributed by atoms with Crippen molar-refractivity contribution in [3.63, 3.8) is 0 Å². The minimum absolute atomic E-state index is 0.0175. The Morgan fingerprint density at radius 1 is 1.50 bits per heavy atom. The first-order valence-corrected chi connectivity index (χ1v) is 6.76. The Kier molecular flexibility index (Phi) is 4.63. The highest BCUT2D eigenvalue weighted by atomic mass is 35.5. The van der Waals surface area contributed by atoms with Gasteiger partial charge in [0, 0.05) is 30.5 Å². The molecule has 3 N–H and O–H groups in total. The largest absolute Gasteiger partial charge is 0.399 e. The molecule has 2 aromatic rings. The number of nitrogens with zero attached hydrogens (tertiary/aromatic N) is 2. The number of hydrogen-bond acceptors (Lipinski definition) is 3. The highest BCUT2D eigenvalue weighted by molar-refractivity contribution is 6.30. The molecule has 0 atom stereocenters. The Bertz CT molecular complexity index is 609. The fraction of sp³-hybridized carbons (Fsp3) is 0.286. The molecule has 0 radical (unpaired) electrons. The number of nitrogen functional groups attached to an aromatic ring is 1. The van der Waals surface area contributed by atoms with Crippen molar-refractivity contribution < 1.29 is 4.79 Å². The molecule has 1 heterocycles. The first kappa shape index (κ1) is 14.4. The number of halogens is 1. The Hall–Kier alpha value is -2.01. The predicted octanol–water partition coefficient (Wildman–Crippen LogP) is 2.85. The van der Waals surface area contributed by atoms with Crippen LogP contribution in [0.25, 0.3) is 0 Å². The van der Waals surface area contributed by atoms with Crippen molar-refractivity contribution in [2.75, 3.05) is 11.1 Å². The van der Waals surface area contributed by atoms with Gasteiger partial charge in [-0.1, -0.05) is 11.6 Å². The number of aromatic nitrogens is 2. The number of benzene rings is 1. The van der Waals surface area contributed by atoms with Gasteiger partial charge in [0.1, 0.15) is 0 Å². The molecule has 106 valence electrons. The fourth-order valence-corrected chi connectivity index (χ4v) is 2.06. The van der Waals surface area contributed by atoms with E-state index in [0.29, 0.717) is 30.1 Å². The van der Waals surface area contributed by atoms with Crippen LogP contribution in [0.1, 0.15) is 18.4 Å². The second kappa shape index (κ2) is 6.43. The molecule has 1 aromatic carbocycles. The van der Waals surface area contributed by atoms with Crippen LogP contribution in [0.15, 0.2) is 30.6 Å². The number of anilines is 2. The quantitative estimate of drug-likeness (QED) is 0.832. The lowest BCUT2D eigenvalue weighted by Crippen LogP contribution is -2.13. The molecular weight excluding hydrogens is 276 g/mol. The third-order valence-electron chi connectivity index (χ3n) is 2.92. The first-order valence-electron chi connectivity index (χ1n) is 6.38. The molecular formula is C14H17ClN4O. The van der Waals surface area contributed by atoms with Crippen LogP contribution >= 0.6 is 11.6 Å². The summed E-state index contributed by atoms with van der Waals surface area (Å²) in [6.45, 7) is 2.58. The molecule has 5 nitrogen and oxygen atoms in total. The zero-order valence-corrected chi connectivity index (χ0v) is 12.0. The summed E-state index contributed by atoms with van der Waals surface area (Å²) in [7, 11) is 0. The lowest BCUT2D eigenvalue weighted by molar-refractivity contribution is -0.116. The minimum Gasteiger partial charge on any atom is -0.399 e. The van der Waals surface area contributed by atoms with Crippen molar-refractivity contribution in [3.8, 4) is 0 Å². The van der Waals surface area contributed by atoms with Crippen molar-refractivity contribution in [2.45, 2.75) is 26.3 Å². The van der Waals surface area contributed by atoms with Gasteiger partial charge in [-0.2, -0.15) is 5.10 Å². The third kappa shape index (κ3) is 3.99. The van der Waals surface area contributed by atoms with E-state index in [9.17, 15) is 4.79 Å². The minimum atomic E-state index is -0.0175. The molecule has 0 bridgehead atoms. The maximum absolute atomic E-state index is 11.8. The average molecular weight is 293 g/mol. The Morgan fingerprint density at radius 2 is 2.30 bits per heavy atom. The van der Waals surface area contributed by atoms with Crippen molar-refractivity contribution in [3.05, 3.63) is 41.2 Å². The van der Waals surface area contributed by atoms with Crippen LogP contribution in [0.2, 0.25) is 5.02 Å². The Labute approximate surface area is 122 Å². The van der Waals surface area contributed by atoms with Gasteiger partial charge in [-0.25, -0.2) is 0 Å². The normalized spacial score (nSPS) is 10.5. The third-order valence-corrected chi connectivity index (χ3v) is 3.11. The summed E-state index contributed by atoms with van der Waals surface area (Å²) >= 11 is 5.77. The van der Waals surface area contributed by atoms with Crippen LogP contribution in [0.4, 0.5) is 11.4 Å². The van der Waals surface area contributed by atoms with Gasteiger partial charge >= 0.3 is 0 Å². The standard InChI is InChI=1S/C14H17ClN4O/c1-10-7-12(16)4-5-13(10)18-14(20)3-2-6-19-9-11(15)8-17-19/h4-5,7-9H,2-3,6,16H2,1H3,(H,18,20). The second-order valence-electron chi connectivity index (χ2n) is 4.65. The van der Waals surface area contributed by atoms with Gasteiger partial charge in [-0.15, -0.1) is 0 Å². The van der Waals surface area contributed by atoms with E-state index in [0.717, 1.165) is 11.3 Å². The molecule has 0 fully saturated rings. The Balaban J connectivity index is 1.80. The van der Waals surface area contributed by atoms with Crippen molar-refractivity contribution >= 4 is 28.9 Å². The molecule has 1 amide bonds. The molecule has 20 heavy (non-hydrogen) atoms.